The van der Waals surface area contributed by atoms with E-state index in [2.05, 4.69) is 53.9 Å². The average Bonchev–Trinajstić information content (AvgIpc) is 2.61. The second-order valence-electron chi connectivity index (χ2n) is 8.35. The van der Waals surface area contributed by atoms with Crippen molar-refractivity contribution < 1.29 is 16.5 Å². The second kappa shape index (κ2) is 10.8. The Morgan fingerprint density at radius 2 is 0.750 bits per heavy atom. The van der Waals surface area contributed by atoms with Crippen LogP contribution >= 0.6 is 50.5 Å². The molecular formula is C16H40O4S4Si4. The highest BCUT2D eigenvalue weighted by atomic mass is 32.1. The van der Waals surface area contributed by atoms with Crippen LogP contribution in [0.15, 0.2) is 0 Å². The predicted molar refractivity (Wildman–Crippen MR) is 143 cm³/mol. The van der Waals surface area contributed by atoms with Gasteiger partial charge >= 0.3 is 34.2 Å². The number of thiol groups is 4. The monoisotopic (exact) mass is 536 g/mol. The Kier molecular flexibility index (Phi) is 10.9. The van der Waals surface area contributed by atoms with E-state index < -0.39 is 34.2 Å². The van der Waals surface area contributed by atoms with Crippen molar-refractivity contribution in [1.82, 2.24) is 0 Å². The molecule has 0 radical (unpaired) electrons. The fourth-order valence-electron chi connectivity index (χ4n) is 3.82. The molecule has 0 saturated carbocycles. The molecule has 0 spiro atoms. The third-order valence-corrected chi connectivity index (χ3v) is 29.1. The third-order valence-electron chi connectivity index (χ3n) is 5.03. The summed E-state index contributed by atoms with van der Waals surface area (Å²) in [4.78, 5) is -0.117. The zero-order valence-corrected chi connectivity index (χ0v) is 26.1. The van der Waals surface area contributed by atoms with Crippen molar-refractivity contribution in [3.8, 4) is 0 Å². The largest absolute Gasteiger partial charge is 0.416 e. The lowest BCUT2D eigenvalue weighted by atomic mass is 10.6. The van der Waals surface area contributed by atoms with E-state index in [9.17, 15) is 0 Å². The molecule has 0 bridgehead atoms. The van der Waals surface area contributed by atoms with Crippen molar-refractivity contribution in [3.63, 3.8) is 0 Å². The fraction of sp³-hybridized carbons (Fsp3) is 1.00. The molecule has 1 aliphatic rings. The van der Waals surface area contributed by atoms with E-state index in [1.807, 2.05) is 0 Å². The summed E-state index contributed by atoms with van der Waals surface area (Å²) < 4.78 is 27.8. The van der Waals surface area contributed by atoms with Gasteiger partial charge in [0.05, 0.1) is 0 Å². The van der Waals surface area contributed by atoms with Crippen LogP contribution in [0.4, 0.5) is 0 Å². The van der Waals surface area contributed by atoms with Crippen molar-refractivity contribution in [2.24, 2.45) is 0 Å². The Morgan fingerprint density at radius 3 is 0.964 bits per heavy atom. The first-order valence-electron chi connectivity index (χ1n) is 10.3. The molecule has 0 aliphatic carbocycles. The summed E-state index contributed by atoms with van der Waals surface area (Å²) in [5.74, 6) is 0. The smallest absolute Gasteiger partial charge is 0.346 e. The maximum Gasteiger partial charge on any atom is 0.346 e. The van der Waals surface area contributed by atoms with Crippen LogP contribution in [0.5, 0.6) is 0 Å². The average molecular weight is 537 g/mol. The van der Waals surface area contributed by atoms with Crippen LogP contribution in [0.3, 0.4) is 0 Å². The minimum Gasteiger partial charge on any atom is -0.416 e. The van der Waals surface area contributed by atoms with E-state index in [1.54, 1.807) is 0 Å². The molecule has 1 fully saturated rings. The molecule has 4 atom stereocenters. The summed E-state index contributed by atoms with van der Waals surface area (Å²) in [5.41, 5.74) is 0. The van der Waals surface area contributed by atoms with Crippen molar-refractivity contribution in [1.29, 1.82) is 0 Å². The minimum absolute atomic E-state index is 0.0292. The van der Waals surface area contributed by atoms with E-state index >= 15 is 0 Å². The van der Waals surface area contributed by atoms with E-state index in [4.69, 9.17) is 67.0 Å². The van der Waals surface area contributed by atoms with Gasteiger partial charge in [-0.3, -0.25) is 0 Å². The summed E-state index contributed by atoms with van der Waals surface area (Å²) in [6.45, 7) is 16.9. The molecule has 0 aromatic heterocycles. The van der Waals surface area contributed by atoms with Crippen LogP contribution in [0, 0.1) is 0 Å². The third kappa shape index (κ3) is 6.12. The Hall–Kier alpha value is 2.11. The maximum atomic E-state index is 7.27. The van der Waals surface area contributed by atoms with Crippen molar-refractivity contribution >= 4 is 84.8 Å². The summed E-state index contributed by atoms with van der Waals surface area (Å²) >= 11 is 19.9. The highest BCUT2D eigenvalue weighted by Gasteiger charge is 2.65. The highest BCUT2D eigenvalue weighted by molar-refractivity contribution is 7.87. The first-order valence-corrected chi connectivity index (χ1v) is 21.9. The maximum absolute atomic E-state index is 7.27. The Bertz CT molecular complexity index is 453. The van der Waals surface area contributed by atoms with E-state index in [0.29, 0.717) is 0 Å². The van der Waals surface area contributed by atoms with Crippen molar-refractivity contribution in [3.05, 3.63) is 0 Å². The molecule has 0 N–H and O–H groups in total. The van der Waals surface area contributed by atoms with Gasteiger partial charge in [0.1, 0.15) is 0 Å². The van der Waals surface area contributed by atoms with Crippen LogP contribution in [0.25, 0.3) is 0 Å². The molecule has 1 heterocycles. The van der Waals surface area contributed by atoms with Crippen LogP contribution in [-0.4, -0.2) is 53.7 Å². The van der Waals surface area contributed by atoms with Gasteiger partial charge in [0.2, 0.25) is 0 Å². The molecule has 28 heavy (non-hydrogen) atoms. The van der Waals surface area contributed by atoms with Crippen molar-refractivity contribution in [2.75, 3.05) is 0 Å². The number of hydrogen-bond acceptors (Lipinski definition) is 8. The SMILES string of the molecule is CCC(S)[Si]1(C(S)CC)O[Si](C)(C)O[Si](C)(C)O[Si](C(S)CC)(C(S)CC)O1. The summed E-state index contributed by atoms with van der Waals surface area (Å²) in [6, 6.07) is 0. The molecule has 0 amide bonds. The van der Waals surface area contributed by atoms with Gasteiger partial charge in [-0.2, -0.15) is 50.5 Å². The zero-order valence-electron chi connectivity index (χ0n) is 18.6. The highest BCUT2D eigenvalue weighted by Crippen LogP contribution is 2.43. The number of rotatable bonds is 8. The standard InChI is InChI=1S/C16H40O4S4Si4/c1-9-13(21)27(14(22)10-2)18-25(5,6)17-26(7,8)19-28(20-27,15(23)11-3)16(24)12-4/h13-16,21-24H,9-12H2,1-8H3. The summed E-state index contributed by atoms with van der Waals surface area (Å²) in [6.07, 6.45) is 3.37. The van der Waals surface area contributed by atoms with Gasteiger partial charge in [-0.15, -0.1) is 0 Å². The molecule has 4 unspecified atom stereocenters. The zero-order chi connectivity index (χ0) is 22.0. The van der Waals surface area contributed by atoms with Crippen LogP contribution in [-0.2, 0) is 16.5 Å². The molecule has 0 aromatic carbocycles. The quantitative estimate of drug-likeness (QED) is 0.249. The molecule has 1 saturated heterocycles. The van der Waals surface area contributed by atoms with Gasteiger partial charge in [0, 0.05) is 19.5 Å². The predicted octanol–water partition coefficient (Wildman–Crippen LogP) is 5.34. The molecule has 1 rings (SSSR count). The topological polar surface area (TPSA) is 36.9 Å². The Balaban J connectivity index is 3.75. The van der Waals surface area contributed by atoms with Gasteiger partial charge < -0.3 is 16.5 Å². The normalized spacial score (nSPS) is 34.7. The van der Waals surface area contributed by atoms with E-state index in [0.717, 1.165) is 25.7 Å². The molecular weight excluding hydrogens is 497 g/mol. The lowest BCUT2D eigenvalue weighted by Crippen LogP contribution is -2.77. The second-order valence-corrected chi connectivity index (χ2v) is 27.3. The van der Waals surface area contributed by atoms with E-state index in [1.165, 1.54) is 0 Å². The minimum atomic E-state index is -2.94. The Morgan fingerprint density at radius 1 is 0.500 bits per heavy atom. The summed E-state index contributed by atoms with van der Waals surface area (Å²) in [5, 5.41) is 0. The molecule has 1 aliphatic heterocycles. The fourth-order valence-corrected chi connectivity index (χ4v) is 33.0. The number of hydrogen-bond donors (Lipinski definition) is 4. The van der Waals surface area contributed by atoms with Gasteiger partial charge in [-0.05, 0) is 51.9 Å². The summed E-state index contributed by atoms with van der Waals surface area (Å²) in [7, 11) is -10.9. The van der Waals surface area contributed by atoms with Crippen molar-refractivity contribution in [2.45, 2.75) is 99.1 Å². The van der Waals surface area contributed by atoms with Gasteiger partial charge in [-0.25, -0.2) is 0 Å². The van der Waals surface area contributed by atoms with E-state index in [-0.39, 0.29) is 19.5 Å². The first-order chi connectivity index (χ1) is 12.8. The molecule has 168 valence electrons. The van der Waals surface area contributed by atoms with Crippen LogP contribution in [0.1, 0.15) is 53.4 Å². The van der Waals surface area contributed by atoms with Crippen LogP contribution < -0.4 is 0 Å². The lowest BCUT2D eigenvalue weighted by Gasteiger charge is -2.55. The van der Waals surface area contributed by atoms with Gasteiger partial charge in [-0.1, -0.05) is 27.7 Å². The molecule has 4 nitrogen and oxygen atoms in total. The van der Waals surface area contributed by atoms with Gasteiger partial charge in [0.25, 0.3) is 0 Å². The van der Waals surface area contributed by atoms with Gasteiger partial charge in [0.15, 0.2) is 0 Å². The first kappa shape index (κ1) is 28.1. The van der Waals surface area contributed by atoms with Crippen LogP contribution in [0.2, 0.25) is 26.2 Å². The molecule has 12 heteroatoms. The lowest BCUT2D eigenvalue weighted by molar-refractivity contribution is 0.216. The molecule has 0 aromatic rings. The Labute approximate surface area is 199 Å².